The number of hydrogen-bond donors (Lipinski definition) is 1. The zero-order valence-corrected chi connectivity index (χ0v) is 12.2. The molecule has 0 aliphatic heterocycles. The lowest BCUT2D eigenvalue weighted by molar-refractivity contribution is 0.101. The highest BCUT2D eigenvalue weighted by Crippen LogP contribution is 2.36. The molecule has 19 heavy (non-hydrogen) atoms. The van der Waals surface area contributed by atoms with Gasteiger partial charge in [0.1, 0.15) is 17.2 Å². The molecule has 2 rings (SSSR count). The molecule has 1 aromatic rings. The summed E-state index contributed by atoms with van der Waals surface area (Å²) in [6.07, 6.45) is 3.80. The van der Waals surface area contributed by atoms with E-state index in [1.54, 1.807) is 0 Å². The van der Waals surface area contributed by atoms with E-state index in [9.17, 15) is 0 Å². The minimum absolute atomic E-state index is 0.276. The maximum atomic E-state index is 6.11. The van der Waals surface area contributed by atoms with Crippen LogP contribution < -0.4 is 15.2 Å². The fourth-order valence-electron chi connectivity index (χ4n) is 3.06. The van der Waals surface area contributed by atoms with Gasteiger partial charge in [-0.1, -0.05) is 19.9 Å². The van der Waals surface area contributed by atoms with Gasteiger partial charge in [-0.2, -0.15) is 0 Å². The highest BCUT2D eigenvalue weighted by molar-refractivity contribution is 5.62. The van der Waals surface area contributed by atoms with Crippen molar-refractivity contribution < 1.29 is 9.47 Å². The molecule has 3 heteroatoms. The Morgan fingerprint density at radius 1 is 1.11 bits per heavy atom. The van der Waals surface area contributed by atoms with E-state index < -0.39 is 0 Å². The van der Waals surface area contributed by atoms with Crippen molar-refractivity contribution in [3.05, 3.63) is 18.2 Å². The van der Waals surface area contributed by atoms with Crippen molar-refractivity contribution in [1.82, 2.24) is 0 Å². The number of anilines is 1. The lowest BCUT2D eigenvalue weighted by atomic mass is 9.82. The van der Waals surface area contributed by atoms with Crippen molar-refractivity contribution in [3.63, 3.8) is 0 Å². The van der Waals surface area contributed by atoms with Crippen molar-refractivity contribution in [2.24, 2.45) is 11.8 Å². The molecule has 0 heterocycles. The molecule has 1 aliphatic carbocycles. The number of ether oxygens (including phenoxy) is 2. The summed E-state index contributed by atoms with van der Waals surface area (Å²) < 4.78 is 11.6. The Kier molecular flexibility index (Phi) is 4.56. The van der Waals surface area contributed by atoms with E-state index in [0.29, 0.717) is 12.3 Å². The molecule has 1 aromatic carbocycles. The van der Waals surface area contributed by atoms with Crippen LogP contribution in [0.1, 0.15) is 40.0 Å². The van der Waals surface area contributed by atoms with Crippen molar-refractivity contribution in [3.8, 4) is 11.5 Å². The first-order chi connectivity index (χ1) is 9.10. The van der Waals surface area contributed by atoms with E-state index in [-0.39, 0.29) is 6.10 Å². The van der Waals surface area contributed by atoms with E-state index >= 15 is 0 Å². The molecule has 0 radical (unpaired) electrons. The largest absolute Gasteiger partial charge is 0.492 e. The summed E-state index contributed by atoms with van der Waals surface area (Å²) in [6.45, 7) is 7.17. The quantitative estimate of drug-likeness (QED) is 0.839. The molecule has 0 saturated heterocycles. The second-order valence-corrected chi connectivity index (χ2v) is 5.76. The molecule has 0 aromatic heterocycles. The highest BCUT2D eigenvalue weighted by atomic mass is 16.5. The van der Waals surface area contributed by atoms with Crippen LogP contribution in [0.3, 0.4) is 0 Å². The Morgan fingerprint density at radius 3 is 2.37 bits per heavy atom. The molecule has 2 N–H and O–H groups in total. The molecule has 0 amide bonds. The smallest absolute Gasteiger partial charge is 0.146 e. The second-order valence-electron chi connectivity index (χ2n) is 5.76. The van der Waals surface area contributed by atoms with Gasteiger partial charge in [-0.15, -0.1) is 0 Å². The fourth-order valence-corrected chi connectivity index (χ4v) is 3.06. The van der Waals surface area contributed by atoms with E-state index in [2.05, 4.69) is 13.8 Å². The van der Waals surface area contributed by atoms with Crippen molar-refractivity contribution in [1.29, 1.82) is 0 Å². The van der Waals surface area contributed by atoms with Gasteiger partial charge in [-0.05, 0) is 50.2 Å². The molecule has 0 spiro atoms. The number of nitrogen functional groups attached to an aromatic ring is 1. The molecule has 2 unspecified atom stereocenters. The molecule has 1 aliphatic rings. The first-order valence-corrected chi connectivity index (χ1v) is 7.28. The molecule has 3 nitrogen and oxygen atoms in total. The lowest BCUT2D eigenvalue weighted by Crippen LogP contribution is -2.28. The zero-order chi connectivity index (χ0) is 13.8. The van der Waals surface area contributed by atoms with Gasteiger partial charge in [0.2, 0.25) is 0 Å². The molecular formula is C16H25NO2. The van der Waals surface area contributed by atoms with Crippen molar-refractivity contribution >= 4 is 5.69 Å². The summed E-state index contributed by atoms with van der Waals surface area (Å²) in [5.41, 5.74) is 6.73. The van der Waals surface area contributed by atoms with E-state index in [4.69, 9.17) is 15.2 Å². The van der Waals surface area contributed by atoms with Crippen LogP contribution in [0.25, 0.3) is 0 Å². The molecule has 0 bridgehead atoms. The number of para-hydroxylation sites is 1. The second kappa shape index (κ2) is 6.18. The summed E-state index contributed by atoms with van der Waals surface area (Å²) in [5, 5.41) is 0. The van der Waals surface area contributed by atoms with E-state index in [0.717, 1.165) is 36.2 Å². The number of benzene rings is 1. The molecule has 106 valence electrons. The van der Waals surface area contributed by atoms with E-state index in [1.165, 1.54) is 6.42 Å². The van der Waals surface area contributed by atoms with E-state index in [1.807, 2.05) is 25.1 Å². The average Bonchev–Trinajstić information content (AvgIpc) is 2.33. The van der Waals surface area contributed by atoms with Crippen LogP contribution in [0.15, 0.2) is 18.2 Å². The van der Waals surface area contributed by atoms with Gasteiger partial charge in [-0.3, -0.25) is 0 Å². The third kappa shape index (κ3) is 3.55. The van der Waals surface area contributed by atoms with Crippen LogP contribution in [0.4, 0.5) is 5.69 Å². The van der Waals surface area contributed by atoms with Crippen molar-refractivity contribution in [2.45, 2.75) is 46.1 Å². The minimum Gasteiger partial charge on any atom is -0.492 e. The molecule has 1 fully saturated rings. The van der Waals surface area contributed by atoms with Crippen LogP contribution in [0.2, 0.25) is 0 Å². The third-order valence-electron chi connectivity index (χ3n) is 3.75. The predicted molar refractivity (Wildman–Crippen MR) is 78.6 cm³/mol. The Morgan fingerprint density at radius 2 is 1.74 bits per heavy atom. The summed E-state index contributed by atoms with van der Waals surface area (Å²) in [6, 6.07) is 5.76. The minimum atomic E-state index is 0.276. The fraction of sp³-hybridized carbons (Fsp3) is 0.625. The summed E-state index contributed by atoms with van der Waals surface area (Å²) in [5.74, 6) is 2.93. The third-order valence-corrected chi connectivity index (χ3v) is 3.75. The van der Waals surface area contributed by atoms with Crippen LogP contribution in [0, 0.1) is 11.8 Å². The maximum Gasteiger partial charge on any atom is 0.146 e. The SMILES string of the molecule is CCOc1cccc(OC2CC(C)CC(C)C2)c1N. The van der Waals surface area contributed by atoms with Crippen LogP contribution >= 0.6 is 0 Å². The van der Waals surface area contributed by atoms with Crippen LogP contribution in [0.5, 0.6) is 11.5 Å². The number of nitrogens with two attached hydrogens (primary N) is 1. The number of hydrogen-bond acceptors (Lipinski definition) is 3. The molecular weight excluding hydrogens is 238 g/mol. The monoisotopic (exact) mass is 263 g/mol. The maximum absolute atomic E-state index is 6.11. The van der Waals surface area contributed by atoms with Gasteiger partial charge in [0, 0.05) is 0 Å². The summed E-state index contributed by atoms with van der Waals surface area (Å²) in [7, 11) is 0. The van der Waals surface area contributed by atoms with Gasteiger partial charge in [0.05, 0.1) is 12.7 Å². The number of rotatable bonds is 4. The summed E-state index contributed by atoms with van der Waals surface area (Å²) in [4.78, 5) is 0. The Bertz CT molecular complexity index is 409. The molecule has 2 atom stereocenters. The van der Waals surface area contributed by atoms with Crippen LogP contribution in [-0.4, -0.2) is 12.7 Å². The average molecular weight is 263 g/mol. The predicted octanol–water partition coefficient (Wildman–Crippen LogP) is 3.87. The summed E-state index contributed by atoms with van der Waals surface area (Å²) >= 11 is 0. The Labute approximate surface area is 116 Å². The lowest BCUT2D eigenvalue weighted by Gasteiger charge is -2.32. The first kappa shape index (κ1) is 14.0. The standard InChI is InChI=1S/C16H25NO2/c1-4-18-14-6-5-7-15(16(14)17)19-13-9-11(2)8-12(3)10-13/h5-7,11-13H,4,8-10,17H2,1-3H3. The van der Waals surface area contributed by atoms with Gasteiger partial charge in [0.15, 0.2) is 0 Å². The van der Waals surface area contributed by atoms with Crippen LogP contribution in [-0.2, 0) is 0 Å². The molecule has 1 saturated carbocycles. The first-order valence-electron chi connectivity index (χ1n) is 7.28. The van der Waals surface area contributed by atoms with Gasteiger partial charge >= 0.3 is 0 Å². The zero-order valence-electron chi connectivity index (χ0n) is 12.2. The Balaban J connectivity index is 2.08. The highest BCUT2D eigenvalue weighted by Gasteiger charge is 2.25. The normalized spacial score (nSPS) is 27.0. The topological polar surface area (TPSA) is 44.5 Å². The Hall–Kier alpha value is -1.38. The van der Waals surface area contributed by atoms with Gasteiger partial charge < -0.3 is 15.2 Å². The van der Waals surface area contributed by atoms with Gasteiger partial charge in [-0.25, -0.2) is 0 Å². The van der Waals surface area contributed by atoms with Crippen molar-refractivity contribution in [2.75, 3.05) is 12.3 Å². The van der Waals surface area contributed by atoms with Gasteiger partial charge in [0.25, 0.3) is 0 Å².